The lowest BCUT2D eigenvalue weighted by Crippen LogP contribution is -2.54. The first kappa shape index (κ1) is 15.0. The quantitative estimate of drug-likeness (QED) is 0.929. The largest absolute Gasteiger partial charge is 0.379 e. The normalized spacial score (nSPS) is 34.8. The fraction of sp³-hybridized carbons (Fsp3) is 0.667. The molecule has 3 nitrogen and oxygen atoms in total. The molecule has 1 heterocycles. The van der Waals surface area contributed by atoms with E-state index in [2.05, 4.69) is 42.2 Å². The van der Waals surface area contributed by atoms with E-state index in [9.17, 15) is 0 Å². The molecule has 1 aromatic carbocycles. The molecule has 116 valence electrons. The van der Waals surface area contributed by atoms with Crippen LogP contribution >= 0.6 is 0 Å². The topological polar surface area (TPSA) is 38.5 Å². The van der Waals surface area contributed by atoms with E-state index in [4.69, 9.17) is 10.5 Å². The van der Waals surface area contributed by atoms with Crippen molar-refractivity contribution in [1.29, 1.82) is 0 Å². The second-order valence-electron chi connectivity index (χ2n) is 6.65. The van der Waals surface area contributed by atoms with E-state index < -0.39 is 0 Å². The summed E-state index contributed by atoms with van der Waals surface area (Å²) in [6.45, 7) is 5.90. The third kappa shape index (κ3) is 3.31. The van der Waals surface area contributed by atoms with Crippen LogP contribution in [0.15, 0.2) is 30.3 Å². The van der Waals surface area contributed by atoms with Crippen LogP contribution in [-0.2, 0) is 4.74 Å². The van der Waals surface area contributed by atoms with Crippen LogP contribution in [0.2, 0.25) is 0 Å². The molecule has 3 rings (SSSR count). The predicted molar refractivity (Wildman–Crippen MR) is 86.4 cm³/mol. The molecular formula is C18H28N2O. The Morgan fingerprint density at radius 2 is 2.05 bits per heavy atom. The molecule has 4 atom stereocenters. The lowest BCUT2D eigenvalue weighted by atomic mass is 9.74. The monoisotopic (exact) mass is 288 g/mol. The van der Waals surface area contributed by atoms with Crippen molar-refractivity contribution >= 4 is 0 Å². The second kappa shape index (κ2) is 6.91. The Labute approximate surface area is 128 Å². The first-order valence-electron chi connectivity index (χ1n) is 8.38. The van der Waals surface area contributed by atoms with Gasteiger partial charge in [-0.25, -0.2) is 0 Å². The van der Waals surface area contributed by atoms with Gasteiger partial charge in [-0.05, 0) is 50.1 Å². The van der Waals surface area contributed by atoms with E-state index >= 15 is 0 Å². The third-order valence-corrected chi connectivity index (χ3v) is 5.37. The SMILES string of the molecule is CC1COCCN1C1CC(c2ccccc2)CCC1CN. The number of ether oxygens (including phenoxy) is 1. The summed E-state index contributed by atoms with van der Waals surface area (Å²) in [5.74, 6) is 1.33. The van der Waals surface area contributed by atoms with Crippen LogP contribution < -0.4 is 5.73 Å². The molecular weight excluding hydrogens is 260 g/mol. The first-order valence-corrected chi connectivity index (χ1v) is 8.38. The lowest BCUT2D eigenvalue weighted by molar-refractivity contribution is -0.0442. The van der Waals surface area contributed by atoms with E-state index in [0.717, 1.165) is 26.3 Å². The Morgan fingerprint density at radius 1 is 1.24 bits per heavy atom. The summed E-state index contributed by atoms with van der Waals surface area (Å²) >= 11 is 0. The number of nitrogens with two attached hydrogens (primary N) is 1. The summed E-state index contributed by atoms with van der Waals surface area (Å²) < 4.78 is 5.61. The Hall–Kier alpha value is -0.900. The van der Waals surface area contributed by atoms with Crippen molar-refractivity contribution in [3.8, 4) is 0 Å². The molecule has 4 unspecified atom stereocenters. The molecule has 3 heteroatoms. The van der Waals surface area contributed by atoms with Crippen LogP contribution in [0.1, 0.15) is 37.7 Å². The van der Waals surface area contributed by atoms with Gasteiger partial charge < -0.3 is 10.5 Å². The average molecular weight is 288 g/mol. The molecule has 1 aromatic rings. The highest BCUT2D eigenvalue weighted by atomic mass is 16.5. The van der Waals surface area contributed by atoms with Crippen LogP contribution in [0.25, 0.3) is 0 Å². The van der Waals surface area contributed by atoms with E-state index in [0.29, 0.717) is 23.9 Å². The number of hydrogen-bond donors (Lipinski definition) is 1. The summed E-state index contributed by atoms with van der Waals surface area (Å²) in [6, 6.07) is 12.1. The molecule has 0 radical (unpaired) electrons. The molecule has 0 aromatic heterocycles. The molecule has 0 amide bonds. The minimum Gasteiger partial charge on any atom is -0.379 e. The maximum absolute atomic E-state index is 6.07. The Kier molecular flexibility index (Phi) is 4.94. The maximum Gasteiger partial charge on any atom is 0.0619 e. The lowest BCUT2D eigenvalue weighted by Gasteiger charge is -2.46. The van der Waals surface area contributed by atoms with Gasteiger partial charge in [0.1, 0.15) is 0 Å². The van der Waals surface area contributed by atoms with Gasteiger partial charge in [0.2, 0.25) is 0 Å². The Bertz CT molecular complexity index is 436. The molecule has 1 saturated carbocycles. The Morgan fingerprint density at radius 3 is 2.76 bits per heavy atom. The van der Waals surface area contributed by atoms with Crippen LogP contribution in [0.5, 0.6) is 0 Å². The molecule has 0 bridgehead atoms. The fourth-order valence-corrected chi connectivity index (χ4v) is 4.15. The van der Waals surface area contributed by atoms with Crippen molar-refractivity contribution in [2.24, 2.45) is 11.7 Å². The zero-order valence-corrected chi connectivity index (χ0v) is 13.1. The third-order valence-electron chi connectivity index (χ3n) is 5.37. The fourth-order valence-electron chi connectivity index (χ4n) is 4.15. The van der Waals surface area contributed by atoms with Crippen LogP contribution in [0.3, 0.4) is 0 Å². The highest BCUT2D eigenvalue weighted by Gasteiger charge is 2.36. The van der Waals surface area contributed by atoms with Gasteiger partial charge in [0, 0.05) is 18.6 Å². The summed E-state index contributed by atoms with van der Waals surface area (Å²) in [7, 11) is 0. The van der Waals surface area contributed by atoms with Crippen molar-refractivity contribution in [3.63, 3.8) is 0 Å². The van der Waals surface area contributed by atoms with Crippen LogP contribution in [-0.4, -0.2) is 43.3 Å². The molecule has 2 fully saturated rings. The van der Waals surface area contributed by atoms with E-state index in [1.165, 1.54) is 24.8 Å². The number of hydrogen-bond acceptors (Lipinski definition) is 3. The molecule has 1 aliphatic carbocycles. The minimum atomic E-state index is 0.521. The molecule has 2 N–H and O–H groups in total. The van der Waals surface area contributed by atoms with E-state index in [1.54, 1.807) is 0 Å². The number of benzene rings is 1. The van der Waals surface area contributed by atoms with Crippen LogP contribution in [0, 0.1) is 5.92 Å². The first-order chi connectivity index (χ1) is 10.3. The van der Waals surface area contributed by atoms with Gasteiger partial charge in [0.25, 0.3) is 0 Å². The standard InChI is InChI=1S/C18H28N2O/c1-14-13-21-10-9-20(14)18-11-16(7-8-17(18)12-19)15-5-3-2-4-6-15/h2-6,14,16-18H,7-13,19H2,1H3. The highest BCUT2D eigenvalue weighted by molar-refractivity contribution is 5.20. The second-order valence-corrected chi connectivity index (χ2v) is 6.65. The maximum atomic E-state index is 6.07. The van der Waals surface area contributed by atoms with Crippen molar-refractivity contribution in [2.45, 2.75) is 44.2 Å². The summed E-state index contributed by atoms with van der Waals surface area (Å²) in [5, 5.41) is 0. The molecule has 1 aliphatic heterocycles. The van der Waals surface area contributed by atoms with Gasteiger partial charge in [-0.2, -0.15) is 0 Å². The predicted octanol–water partition coefficient (Wildman–Crippen LogP) is 2.62. The summed E-state index contributed by atoms with van der Waals surface area (Å²) in [4.78, 5) is 2.66. The van der Waals surface area contributed by atoms with Crippen molar-refractivity contribution in [3.05, 3.63) is 35.9 Å². The zero-order chi connectivity index (χ0) is 14.7. The Balaban J connectivity index is 1.75. The van der Waals surface area contributed by atoms with Gasteiger partial charge in [-0.1, -0.05) is 30.3 Å². The van der Waals surface area contributed by atoms with Gasteiger partial charge in [0.15, 0.2) is 0 Å². The zero-order valence-electron chi connectivity index (χ0n) is 13.1. The van der Waals surface area contributed by atoms with Gasteiger partial charge in [-0.3, -0.25) is 4.90 Å². The van der Waals surface area contributed by atoms with Crippen LogP contribution in [0.4, 0.5) is 0 Å². The van der Waals surface area contributed by atoms with Crippen molar-refractivity contribution in [1.82, 2.24) is 4.90 Å². The summed E-state index contributed by atoms with van der Waals surface area (Å²) in [5.41, 5.74) is 7.57. The molecule has 0 spiro atoms. The van der Waals surface area contributed by atoms with Gasteiger partial charge in [0.05, 0.1) is 13.2 Å². The highest BCUT2D eigenvalue weighted by Crippen LogP contribution is 2.38. The minimum absolute atomic E-state index is 0.521. The van der Waals surface area contributed by atoms with Crippen molar-refractivity contribution < 1.29 is 4.74 Å². The summed E-state index contributed by atoms with van der Waals surface area (Å²) in [6.07, 6.45) is 3.78. The molecule has 2 aliphatic rings. The molecule has 21 heavy (non-hydrogen) atoms. The number of nitrogens with zero attached hydrogens (tertiary/aromatic N) is 1. The van der Waals surface area contributed by atoms with Gasteiger partial charge >= 0.3 is 0 Å². The van der Waals surface area contributed by atoms with E-state index in [1.807, 2.05) is 0 Å². The van der Waals surface area contributed by atoms with Crippen molar-refractivity contribution in [2.75, 3.05) is 26.3 Å². The van der Waals surface area contributed by atoms with Gasteiger partial charge in [-0.15, -0.1) is 0 Å². The average Bonchev–Trinajstić information content (AvgIpc) is 2.55. The number of rotatable bonds is 3. The molecule has 1 saturated heterocycles. The smallest absolute Gasteiger partial charge is 0.0619 e. The van der Waals surface area contributed by atoms with E-state index in [-0.39, 0.29) is 0 Å². The number of morpholine rings is 1.